The number of nitrogens with zero attached hydrogens (tertiary/aromatic N) is 4. The van der Waals surface area contributed by atoms with Crippen molar-refractivity contribution in [2.75, 3.05) is 5.32 Å². The Bertz CT molecular complexity index is 1240. The summed E-state index contributed by atoms with van der Waals surface area (Å²) in [5.74, 6) is 0.0246. The summed E-state index contributed by atoms with van der Waals surface area (Å²) in [6.07, 6.45) is -6.60. The third kappa shape index (κ3) is 4.59. The smallest absolute Gasteiger partial charge is 0.340 e. The first-order valence-corrected chi connectivity index (χ1v) is 9.89. The van der Waals surface area contributed by atoms with Crippen LogP contribution in [0.2, 0.25) is 0 Å². The van der Waals surface area contributed by atoms with Crippen molar-refractivity contribution in [2.45, 2.75) is 19.3 Å². The highest BCUT2D eigenvalue weighted by Gasteiger charge is 2.38. The van der Waals surface area contributed by atoms with E-state index in [2.05, 4.69) is 20.4 Å². The Labute approximate surface area is 181 Å². The highest BCUT2D eigenvalue weighted by molar-refractivity contribution is 7.13. The summed E-state index contributed by atoms with van der Waals surface area (Å²) >= 11 is 1.40. The molecule has 0 spiro atoms. The first-order chi connectivity index (χ1) is 15.0. The monoisotopic (exact) mass is 469 g/mol. The van der Waals surface area contributed by atoms with Crippen molar-refractivity contribution < 1.29 is 26.3 Å². The van der Waals surface area contributed by atoms with E-state index >= 15 is 0 Å². The number of benzene rings is 1. The molecule has 0 bridgehead atoms. The third-order valence-corrected chi connectivity index (χ3v) is 5.15. The Morgan fingerprint density at radius 3 is 2.41 bits per heavy atom. The van der Waals surface area contributed by atoms with E-state index in [0.29, 0.717) is 28.1 Å². The molecule has 0 aliphatic carbocycles. The molecule has 12 heteroatoms. The second-order valence-electron chi connectivity index (χ2n) is 6.72. The average Bonchev–Trinajstić information content (AvgIpc) is 3.38. The first kappa shape index (κ1) is 21.8. The van der Waals surface area contributed by atoms with E-state index in [1.54, 1.807) is 36.8 Å². The Morgan fingerprint density at radius 2 is 1.75 bits per heavy atom. The van der Waals surface area contributed by atoms with Gasteiger partial charge in [-0.1, -0.05) is 0 Å². The maximum Gasteiger partial charge on any atom is 0.418 e. The normalized spacial score (nSPS) is 12.2. The molecule has 0 aliphatic rings. The summed E-state index contributed by atoms with van der Waals surface area (Å²) in [6, 6.07) is 6.25. The Hall–Kier alpha value is -3.41. The number of aromatic nitrogens is 4. The number of anilines is 2. The van der Waals surface area contributed by atoms with E-state index in [-0.39, 0.29) is 11.9 Å². The maximum atomic E-state index is 13.4. The second kappa shape index (κ2) is 7.93. The van der Waals surface area contributed by atoms with Gasteiger partial charge < -0.3 is 5.32 Å². The van der Waals surface area contributed by atoms with E-state index < -0.39 is 29.2 Å². The van der Waals surface area contributed by atoms with Crippen molar-refractivity contribution in [3.8, 4) is 16.4 Å². The standard InChI is InChI=1S/C20H13F6N5S/c1-11-8-13(31-6-4-16(30-31)18-27-5-7-32-18)10-17(28-11)29-15-3-2-12(19(21,22)23)9-14(15)20(24,25)26/h2-10H,1H3,(H,28,29). The lowest BCUT2D eigenvalue weighted by atomic mass is 10.1. The number of hydrogen-bond acceptors (Lipinski definition) is 5. The number of halogens is 6. The summed E-state index contributed by atoms with van der Waals surface area (Å²) in [7, 11) is 0. The van der Waals surface area contributed by atoms with Gasteiger partial charge in [-0.05, 0) is 37.3 Å². The third-order valence-electron chi connectivity index (χ3n) is 4.36. The molecule has 0 saturated heterocycles. The molecule has 4 rings (SSSR count). The van der Waals surface area contributed by atoms with Crippen molar-refractivity contribution in [3.05, 3.63) is 71.0 Å². The van der Waals surface area contributed by atoms with Crippen molar-refractivity contribution >= 4 is 22.8 Å². The Morgan fingerprint density at radius 1 is 0.969 bits per heavy atom. The second-order valence-corrected chi connectivity index (χ2v) is 7.61. The number of pyridine rings is 1. The summed E-state index contributed by atoms with van der Waals surface area (Å²) in [6.45, 7) is 1.64. The van der Waals surface area contributed by atoms with Gasteiger partial charge in [0.05, 0.1) is 22.5 Å². The summed E-state index contributed by atoms with van der Waals surface area (Å²) in [5, 5.41) is 9.41. The molecule has 1 N–H and O–H groups in total. The lowest BCUT2D eigenvalue weighted by molar-refractivity contribution is -0.142. The molecule has 5 nitrogen and oxygen atoms in total. The van der Waals surface area contributed by atoms with Crippen LogP contribution in [0.25, 0.3) is 16.4 Å². The molecular weight excluding hydrogens is 456 g/mol. The molecule has 0 amide bonds. The van der Waals surface area contributed by atoms with Crippen LogP contribution in [0.15, 0.2) is 54.2 Å². The molecule has 0 aliphatic heterocycles. The average molecular weight is 469 g/mol. The molecule has 1 aromatic carbocycles. The molecule has 0 unspecified atom stereocenters. The lowest BCUT2D eigenvalue weighted by Crippen LogP contribution is -2.13. The molecule has 3 aromatic heterocycles. The van der Waals surface area contributed by atoms with Crippen LogP contribution in [0.4, 0.5) is 37.8 Å². The van der Waals surface area contributed by atoms with Gasteiger partial charge in [0, 0.05) is 29.5 Å². The number of hydrogen-bond donors (Lipinski definition) is 1. The molecular formula is C20H13F6N5S. The van der Waals surface area contributed by atoms with Crippen molar-refractivity contribution in [1.82, 2.24) is 19.7 Å². The highest BCUT2D eigenvalue weighted by Crippen LogP contribution is 2.40. The van der Waals surface area contributed by atoms with Gasteiger partial charge in [-0.15, -0.1) is 11.3 Å². The summed E-state index contributed by atoms with van der Waals surface area (Å²) in [4.78, 5) is 8.33. The van der Waals surface area contributed by atoms with E-state index in [9.17, 15) is 26.3 Å². The number of rotatable bonds is 4. The minimum absolute atomic E-state index is 0.0246. The number of nitrogens with one attached hydrogen (secondary N) is 1. The van der Waals surface area contributed by atoms with Gasteiger partial charge in [0.1, 0.15) is 16.5 Å². The van der Waals surface area contributed by atoms with E-state index in [0.717, 1.165) is 6.07 Å². The molecule has 3 heterocycles. The van der Waals surface area contributed by atoms with Crippen molar-refractivity contribution in [1.29, 1.82) is 0 Å². The highest BCUT2D eigenvalue weighted by atomic mass is 32.1. The lowest BCUT2D eigenvalue weighted by Gasteiger charge is -2.17. The fraction of sp³-hybridized carbons (Fsp3) is 0.150. The van der Waals surface area contributed by atoms with Crippen LogP contribution in [0.1, 0.15) is 16.8 Å². The zero-order chi connectivity index (χ0) is 23.1. The molecule has 4 aromatic rings. The fourth-order valence-electron chi connectivity index (χ4n) is 2.98. The van der Waals surface area contributed by atoms with Gasteiger partial charge in [0.2, 0.25) is 0 Å². The van der Waals surface area contributed by atoms with Crippen LogP contribution in [-0.4, -0.2) is 19.7 Å². The topological polar surface area (TPSA) is 55.6 Å². The Kier molecular flexibility index (Phi) is 5.41. The minimum Gasteiger partial charge on any atom is -0.340 e. The number of alkyl halides is 6. The predicted octanol–water partition coefficient (Wildman–Crippen LogP) is 6.48. The molecule has 0 saturated carbocycles. The van der Waals surface area contributed by atoms with Crippen LogP contribution in [0.5, 0.6) is 0 Å². The van der Waals surface area contributed by atoms with Gasteiger partial charge in [-0.25, -0.2) is 14.6 Å². The van der Waals surface area contributed by atoms with E-state index in [4.69, 9.17) is 0 Å². The van der Waals surface area contributed by atoms with Crippen molar-refractivity contribution in [3.63, 3.8) is 0 Å². The SMILES string of the molecule is Cc1cc(-n2ccc(-c3nccs3)n2)cc(Nc2ccc(C(F)(F)F)cc2C(F)(F)F)n1. The van der Waals surface area contributed by atoms with Crippen LogP contribution in [-0.2, 0) is 12.4 Å². The largest absolute Gasteiger partial charge is 0.418 e. The van der Waals surface area contributed by atoms with Gasteiger partial charge >= 0.3 is 12.4 Å². The van der Waals surface area contributed by atoms with Crippen LogP contribution < -0.4 is 5.32 Å². The van der Waals surface area contributed by atoms with E-state index in [1.165, 1.54) is 22.1 Å². The molecule has 0 atom stereocenters. The van der Waals surface area contributed by atoms with Gasteiger partial charge in [-0.3, -0.25) is 0 Å². The number of thiazole rings is 1. The summed E-state index contributed by atoms with van der Waals surface area (Å²) < 4.78 is 80.5. The summed E-state index contributed by atoms with van der Waals surface area (Å²) in [5.41, 5.74) is -1.79. The molecule has 166 valence electrons. The molecule has 32 heavy (non-hydrogen) atoms. The van der Waals surface area contributed by atoms with Crippen molar-refractivity contribution in [2.24, 2.45) is 0 Å². The quantitative estimate of drug-likeness (QED) is 0.348. The van der Waals surface area contributed by atoms with Gasteiger partial charge in [-0.2, -0.15) is 31.4 Å². The first-order valence-electron chi connectivity index (χ1n) is 9.01. The van der Waals surface area contributed by atoms with Crippen LogP contribution in [0.3, 0.4) is 0 Å². The zero-order valence-electron chi connectivity index (χ0n) is 16.2. The minimum atomic E-state index is -5.00. The predicted molar refractivity (Wildman–Crippen MR) is 107 cm³/mol. The maximum absolute atomic E-state index is 13.4. The molecule has 0 fully saturated rings. The van der Waals surface area contributed by atoms with Crippen LogP contribution >= 0.6 is 11.3 Å². The molecule has 0 radical (unpaired) electrons. The van der Waals surface area contributed by atoms with Crippen LogP contribution in [0, 0.1) is 6.92 Å². The Balaban J connectivity index is 1.70. The van der Waals surface area contributed by atoms with Gasteiger partial charge in [0.25, 0.3) is 0 Å². The van der Waals surface area contributed by atoms with Gasteiger partial charge in [0.15, 0.2) is 0 Å². The van der Waals surface area contributed by atoms with E-state index in [1.807, 2.05) is 0 Å². The fourth-order valence-corrected chi connectivity index (χ4v) is 3.58. The number of aryl methyl sites for hydroxylation is 1. The zero-order valence-corrected chi connectivity index (χ0v) is 17.0.